The molecule has 27 heavy (non-hydrogen) atoms. The number of amides is 1. The zero-order chi connectivity index (χ0) is 19.2. The summed E-state index contributed by atoms with van der Waals surface area (Å²) in [5.41, 5.74) is 0.839. The number of nitrogens with one attached hydrogen (secondary N) is 1. The number of halogens is 1. The molecule has 0 unspecified atom stereocenters. The lowest BCUT2D eigenvalue weighted by Crippen LogP contribution is -2.31. The van der Waals surface area contributed by atoms with Crippen molar-refractivity contribution in [3.05, 3.63) is 82.9 Å². The fourth-order valence-electron chi connectivity index (χ4n) is 2.50. The first-order chi connectivity index (χ1) is 13.0. The van der Waals surface area contributed by atoms with Crippen LogP contribution >= 0.6 is 11.6 Å². The summed E-state index contributed by atoms with van der Waals surface area (Å²) in [6.07, 6.45) is 0. The first-order valence-corrected chi connectivity index (χ1v) is 8.62. The summed E-state index contributed by atoms with van der Waals surface area (Å²) in [7, 11) is 0. The Bertz CT molecular complexity index is 998. The molecule has 0 aromatic heterocycles. The Morgan fingerprint density at radius 3 is 2.26 bits per heavy atom. The molecule has 1 N–H and O–H groups in total. The fraction of sp³-hybridized carbons (Fsp3) is 0.0952. The Hall–Kier alpha value is -3.18. The summed E-state index contributed by atoms with van der Waals surface area (Å²) < 4.78 is 4.91. The van der Waals surface area contributed by atoms with Crippen LogP contribution in [0.15, 0.2) is 66.7 Å². The molecule has 0 aliphatic heterocycles. The van der Waals surface area contributed by atoms with Gasteiger partial charge in [0.2, 0.25) is 0 Å². The van der Waals surface area contributed by atoms with Gasteiger partial charge >= 0.3 is 5.97 Å². The maximum absolute atomic E-state index is 12.2. The van der Waals surface area contributed by atoms with E-state index in [2.05, 4.69) is 5.32 Å². The molecule has 0 aliphatic carbocycles. The molecule has 0 atom stereocenters. The number of rotatable bonds is 6. The summed E-state index contributed by atoms with van der Waals surface area (Å²) in [6, 6.07) is 19.2. The van der Waals surface area contributed by atoms with E-state index in [9.17, 15) is 14.4 Å². The highest BCUT2D eigenvalue weighted by Gasteiger charge is 2.12. The zero-order valence-corrected chi connectivity index (χ0v) is 15.0. The molecule has 6 heteroatoms. The molecule has 1 amide bonds. The monoisotopic (exact) mass is 381 g/mol. The van der Waals surface area contributed by atoms with Crippen molar-refractivity contribution in [1.82, 2.24) is 5.32 Å². The van der Waals surface area contributed by atoms with E-state index in [0.717, 1.165) is 10.8 Å². The van der Waals surface area contributed by atoms with Crippen molar-refractivity contribution in [2.75, 3.05) is 13.2 Å². The Morgan fingerprint density at radius 2 is 1.52 bits per heavy atom. The lowest BCUT2D eigenvalue weighted by molar-refractivity contribution is -0.141. The Morgan fingerprint density at radius 1 is 0.852 bits per heavy atom. The molecule has 3 aromatic carbocycles. The van der Waals surface area contributed by atoms with Crippen molar-refractivity contribution in [1.29, 1.82) is 0 Å². The van der Waals surface area contributed by atoms with Crippen molar-refractivity contribution in [3.8, 4) is 0 Å². The van der Waals surface area contributed by atoms with E-state index in [4.69, 9.17) is 16.3 Å². The van der Waals surface area contributed by atoms with Crippen LogP contribution in [0.2, 0.25) is 5.02 Å². The number of hydrogen-bond acceptors (Lipinski definition) is 4. The normalized spacial score (nSPS) is 10.4. The molecule has 3 rings (SSSR count). The van der Waals surface area contributed by atoms with E-state index in [1.807, 2.05) is 30.3 Å². The molecule has 0 heterocycles. The summed E-state index contributed by atoms with van der Waals surface area (Å²) >= 11 is 5.76. The van der Waals surface area contributed by atoms with Gasteiger partial charge in [-0.15, -0.1) is 0 Å². The van der Waals surface area contributed by atoms with E-state index < -0.39 is 12.6 Å². The van der Waals surface area contributed by atoms with Crippen molar-refractivity contribution >= 4 is 40.0 Å². The van der Waals surface area contributed by atoms with Crippen molar-refractivity contribution < 1.29 is 19.1 Å². The van der Waals surface area contributed by atoms with Gasteiger partial charge in [0, 0.05) is 16.1 Å². The van der Waals surface area contributed by atoms with Crippen LogP contribution in [0, 0.1) is 0 Å². The number of hydrogen-bond donors (Lipinski definition) is 1. The van der Waals surface area contributed by atoms with E-state index in [1.54, 1.807) is 36.4 Å². The highest BCUT2D eigenvalue weighted by molar-refractivity contribution is 6.30. The Balaban J connectivity index is 1.49. The number of Topliss-reactive ketones (excluding diaryl/α,β-unsaturated/α-hetero) is 1. The van der Waals surface area contributed by atoms with Gasteiger partial charge in [0.1, 0.15) is 6.54 Å². The average molecular weight is 382 g/mol. The van der Waals surface area contributed by atoms with Crippen molar-refractivity contribution in [2.45, 2.75) is 0 Å². The van der Waals surface area contributed by atoms with Crippen LogP contribution in [0.25, 0.3) is 10.8 Å². The van der Waals surface area contributed by atoms with E-state index >= 15 is 0 Å². The highest BCUT2D eigenvalue weighted by atomic mass is 35.5. The van der Waals surface area contributed by atoms with Gasteiger partial charge in [-0.1, -0.05) is 41.9 Å². The summed E-state index contributed by atoms with van der Waals surface area (Å²) in [6.45, 7) is -0.716. The smallest absolute Gasteiger partial charge is 0.325 e. The highest BCUT2D eigenvalue weighted by Crippen LogP contribution is 2.15. The molecule has 136 valence electrons. The van der Waals surface area contributed by atoms with E-state index in [1.165, 1.54) is 0 Å². The van der Waals surface area contributed by atoms with Crippen LogP contribution in [-0.4, -0.2) is 30.8 Å². The van der Waals surface area contributed by atoms with Gasteiger partial charge in [-0.3, -0.25) is 14.4 Å². The zero-order valence-electron chi connectivity index (χ0n) is 14.3. The molecular formula is C21H16ClNO4. The first-order valence-electron chi connectivity index (χ1n) is 8.24. The van der Waals surface area contributed by atoms with Crippen molar-refractivity contribution in [3.63, 3.8) is 0 Å². The number of carbonyl (C=O) groups excluding carboxylic acids is 3. The third kappa shape index (κ3) is 4.92. The quantitative estimate of drug-likeness (QED) is 0.522. The second-order valence-corrected chi connectivity index (χ2v) is 6.27. The minimum absolute atomic E-state index is 0.320. The molecule has 3 aromatic rings. The number of ether oxygens (including phenoxy) is 1. The molecule has 0 bridgehead atoms. The first kappa shape index (κ1) is 18.6. The number of ketones is 1. The van der Waals surface area contributed by atoms with Gasteiger partial charge in [-0.2, -0.15) is 0 Å². The fourth-order valence-corrected chi connectivity index (χ4v) is 2.63. The molecule has 0 fully saturated rings. The van der Waals surface area contributed by atoms with Gasteiger partial charge in [0.05, 0.1) is 0 Å². The molecule has 0 radical (unpaired) electrons. The third-order valence-electron chi connectivity index (χ3n) is 3.94. The maximum Gasteiger partial charge on any atom is 0.325 e. The van der Waals surface area contributed by atoms with Crippen LogP contribution in [0.1, 0.15) is 20.7 Å². The number of carbonyl (C=O) groups is 3. The van der Waals surface area contributed by atoms with E-state index in [0.29, 0.717) is 16.1 Å². The van der Waals surface area contributed by atoms with Crippen LogP contribution < -0.4 is 5.32 Å². The third-order valence-corrected chi connectivity index (χ3v) is 4.19. The van der Waals surface area contributed by atoms with Crippen LogP contribution in [-0.2, 0) is 9.53 Å². The van der Waals surface area contributed by atoms with Crippen LogP contribution in [0.3, 0.4) is 0 Å². The second kappa shape index (κ2) is 8.47. The summed E-state index contributed by atoms with van der Waals surface area (Å²) in [5, 5.41) is 4.96. The number of fused-ring (bicyclic) bond motifs is 1. The van der Waals surface area contributed by atoms with E-state index in [-0.39, 0.29) is 18.2 Å². The van der Waals surface area contributed by atoms with Crippen LogP contribution in [0.4, 0.5) is 0 Å². The summed E-state index contributed by atoms with van der Waals surface area (Å²) in [5.74, 6) is -1.42. The standard InChI is InChI=1S/C21H16ClNO4/c22-18-9-7-15(8-10-18)19(24)13-27-20(25)12-23-21(26)17-6-5-14-3-1-2-4-16(14)11-17/h1-11H,12-13H2,(H,23,26). The van der Waals surface area contributed by atoms with Gasteiger partial charge in [0.25, 0.3) is 5.91 Å². The summed E-state index contributed by atoms with van der Waals surface area (Å²) in [4.78, 5) is 35.9. The number of benzene rings is 3. The maximum atomic E-state index is 12.2. The molecule has 5 nitrogen and oxygen atoms in total. The molecular weight excluding hydrogens is 366 g/mol. The van der Waals surface area contributed by atoms with Crippen LogP contribution in [0.5, 0.6) is 0 Å². The topological polar surface area (TPSA) is 72.5 Å². The molecule has 0 saturated carbocycles. The largest absolute Gasteiger partial charge is 0.456 e. The Labute approximate surface area is 160 Å². The number of esters is 1. The van der Waals surface area contributed by atoms with Gasteiger partial charge in [0.15, 0.2) is 12.4 Å². The Kier molecular flexibility index (Phi) is 5.84. The van der Waals surface area contributed by atoms with Gasteiger partial charge in [-0.25, -0.2) is 0 Å². The van der Waals surface area contributed by atoms with Crippen molar-refractivity contribution in [2.24, 2.45) is 0 Å². The molecule has 0 spiro atoms. The minimum atomic E-state index is -0.688. The second-order valence-electron chi connectivity index (χ2n) is 5.84. The predicted octanol–water partition coefficient (Wildman–Crippen LogP) is 3.65. The SMILES string of the molecule is O=C(CNC(=O)c1ccc2ccccc2c1)OCC(=O)c1ccc(Cl)cc1. The molecule has 0 aliphatic rings. The predicted molar refractivity (Wildman–Crippen MR) is 103 cm³/mol. The lowest BCUT2D eigenvalue weighted by Gasteiger charge is -2.07. The van der Waals surface area contributed by atoms with Gasteiger partial charge < -0.3 is 10.1 Å². The minimum Gasteiger partial charge on any atom is -0.456 e. The van der Waals surface area contributed by atoms with Gasteiger partial charge in [-0.05, 0) is 47.2 Å². The molecule has 0 saturated heterocycles. The average Bonchev–Trinajstić information content (AvgIpc) is 2.70. The lowest BCUT2D eigenvalue weighted by atomic mass is 10.1.